The summed E-state index contributed by atoms with van der Waals surface area (Å²) in [5.74, 6) is -0.946. The third-order valence-electron chi connectivity index (χ3n) is 4.79. The molecule has 0 saturated carbocycles. The third-order valence-corrected chi connectivity index (χ3v) is 4.79. The van der Waals surface area contributed by atoms with Crippen molar-refractivity contribution in [1.82, 2.24) is 9.88 Å². The van der Waals surface area contributed by atoms with Crippen LogP contribution in [0.1, 0.15) is 29.8 Å². The SMILES string of the molecule is CCOc1ccc(/C(O)=C2/C(=O)C(=O)N(CCOC)C2c2ccccn2)cc1C. The fourth-order valence-electron chi connectivity index (χ4n) is 3.42. The van der Waals surface area contributed by atoms with E-state index in [1.807, 2.05) is 13.8 Å². The molecule has 0 spiro atoms. The first-order valence-corrected chi connectivity index (χ1v) is 9.41. The van der Waals surface area contributed by atoms with Gasteiger partial charge in [0.2, 0.25) is 0 Å². The van der Waals surface area contributed by atoms with Gasteiger partial charge < -0.3 is 19.5 Å². The zero-order chi connectivity index (χ0) is 21.0. The zero-order valence-corrected chi connectivity index (χ0v) is 16.7. The number of aryl methyl sites for hydroxylation is 1. The molecule has 0 aliphatic carbocycles. The quantitative estimate of drug-likeness (QED) is 0.440. The van der Waals surface area contributed by atoms with Crippen LogP contribution in [-0.2, 0) is 14.3 Å². The van der Waals surface area contributed by atoms with Crippen LogP contribution in [0, 0.1) is 6.92 Å². The van der Waals surface area contributed by atoms with Crippen LogP contribution in [0.5, 0.6) is 5.75 Å². The number of likely N-dealkylation sites (tertiary alicyclic amines) is 1. The predicted molar refractivity (Wildman–Crippen MR) is 107 cm³/mol. The number of rotatable bonds is 7. The summed E-state index contributed by atoms with van der Waals surface area (Å²) in [5, 5.41) is 11.0. The highest BCUT2D eigenvalue weighted by atomic mass is 16.5. The molecule has 1 N–H and O–H groups in total. The van der Waals surface area contributed by atoms with Gasteiger partial charge in [-0.3, -0.25) is 14.6 Å². The van der Waals surface area contributed by atoms with Gasteiger partial charge >= 0.3 is 0 Å². The highest BCUT2D eigenvalue weighted by molar-refractivity contribution is 6.46. The molecule has 1 aromatic heterocycles. The molecular formula is C22H24N2O5. The lowest BCUT2D eigenvalue weighted by molar-refractivity contribution is -0.140. The first-order valence-electron chi connectivity index (χ1n) is 9.41. The molecule has 1 atom stereocenters. The van der Waals surface area contributed by atoms with Crippen LogP contribution in [0.2, 0.25) is 0 Å². The van der Waals surface area contributed by atoms with Gasteiger partial charge in [0.25, 0.3) is 11.7 Å². The van der Waals surface area contributed by atoms with Gasteiger partial charge in [0, 0.05) is 25.4 Å². The van der Waals surface area contributed by atoms with Crippen molar-refractivity contribution < 1.29 is 24.2 Å². The number of benzene rings is 1. The van der Waals surface area contributed by atoms with Crippen molar-refractivity contribution in [3.8, 4) is 5.75 Å². The number of nitrogens with zero attached hydrogens (tertiary/aromatic N) is 2. The van der Waals surface area contributed by atoms with E-state index in [0.717, 1.165) is 5.56 Å². The van der Waals surface area contributed by atoms with Crippen LogP contribution < -0.4 is 4.74 Å². The number of ketones is 1. The average molecular weight is 396 g/mol. The van der Waals surface area contributed by atoms with Gasteiger partial charge in [0.1, 0.15) is 17.6 Å². The van der Waals surface area contributed by atoms with Crippen LogP contribution in [0.3, 0.4) is 0 Å². The lowest BCUT2D eigenvalue weighted by atomic mass is 9.97. The summed E-state index contributed by atoms with van der Waals surface area (Å²) in [4.78, 5) is 31.2. The van der Waals surface area contributed by atoms with Crippen molar-refractivity contribution in [3.05, 3.63) is 65.0 Å². The van der Waals surface area contributed by atoms with Gasteiger partial charge in [0.15, 0.2) is 0 Å². The van der Waals surface area contributed by atoms with Gasteiger partial charge in [0.05, 0.1) is 24.5 Å². The van der Waals surface area contributed by atoms with Crippen molar-refractivity contribution in [2.24, 2.45) is 0 Å². The molecule has 152 valence electrons. The lowest BCUT2D eigenvalue weighted by Gasteiger charge is -2.24. The Morgan fingerprint density at radius 1 is 1.24 bits per heavy atom. The molecule has 3 rings (SSSR count). The average Bonchev–Trinajstić information content (AvgIpc) is 2.98. The Morgan fingerprint density at radius 3 is 2.66 bits per heavy atom. The van der Waals surface area contributed by atoms with E-state index in [0.29, 0.717) is 23.6 Å². The third kappa shape index (κ3) is 4.00. The molecule has 7 nitrogen and oxygen atoms in total. The van der Waals surface area contributed by atoms with Gasteiger partial charge in [-0.15, -0.1) is 0 Å². The van der Waals surface area contributed by atoms with Crippen LogP contribution in [0.15, 0.2) is 48.2 Å². The number of aliphatic hydroxyl groups excluding tert-OH is 1. The highest BCUT2D eigenvalue weighted by Crippen LogP contribution is 2.38. The molecule has 2 aromatic rings. The molecule has 1 unspecified atom stereocenters. The maximum atomic E-state index is 12.8. The number of Topliss-reactive ketones (excluding diaryl/α,β-unsaturated/α-hetero) is 1. The molecule has 1 fully saturated rings. The maximum Gasteiger partial charge on any atom is 0.295 e. The van der Waals surface area contributed by atoms with Crippen molar-refractivity contribution in [2.75, 3.05) is 26.9 Å². The lowest BCUT2D eigenvalue weighted by Crippen LogP contribution is -2.33. The molecule has 1 aliphatic heterocycles. The van der Waals surface area contributed by atoms with Crippen molar-refractivity contribution in [3.63, 3.8) is 0 Å². The Bertz CT molecular complexity index is 939. The first-order chi connectivity index (χ1) is 14.0. The number of hydrogen-bond acceptors (Lipinski definition) is 6. The molecule has 7 heteroatoms. The zero-order valence-electron chi connectivity index (χ0n) is 16.7. The summed E-state index contributed by atoms with van der Waals surface area (Å²) in [7, 11) is 1.52. The number of amides is 1. The van der Waals surface area contributed by atoms with E-state index in [-0.39, 0.29) is 24.5 Å². The summed E-state index contributed by atoms with van der Waals surface area (Å²) in [6, 6.07) is 9.63. The predicted octanol–water partition coefficient (Wildman–Crippen LogP) is 2.86. The van der Waals surface area contributed by atoms with Crippen LogP contribution in [-0.4, -0.2) is 53.5 Å². The molecule has 2 heterocycles. The van der Waals surface area contributed by atoms with Crippen LogP contribution in [0.4, 0.5) is 0 Å². The Labute approximate surface area is 169 Å². The molecule has 1 saturated heterocycles. The summed E-state index contributed by atoms with van der Waals surface area (Å²) < 4.78 is 10.6. The summed E-state index contributed by atoms with van der Waals surface area (Å²) in [6.07, 6.45) is 1.59. The number of pyridine rings is 1. The van der Waals surface area contributed by atoms with E-state index in [4.69, 9.17) is 9.47 Å². The fraction of sp³-hybridized carbons (Fsp3) is 0.318. The van der Waals surface area contributed by atoms with E-state index < -0.39 is 17.7 Å². The number of ether oxygens (including phenoxy) is 2. The molecular weight excluding hydrogens is 372 g/mol. The van der Waals surface area contributed by atoms with E-state index in [2.05, 4.69) is 4.98 Å². The van der Waals surface area contributed by atoms with E-state index in [1.54, 1.807) is 42.6 Å². The Balaban J connectivity index is 2.12. The second-order valence-corrected chi connectivity index (χ2v) is 6.65. The van der Waals surface area contributed by atoms with Gasteiger partial charge in [-0.2, -0.15) is 0 Å². The number of methoxy groups -OCH3 is 1. The Morgan fingerprint density at radius 2 is 2.03 bits per heavy atom. The minimum Gasteiger partial charge on any atom is -0.507 e. The second kappa shape index (κ2) is 8.87. The fourth-order valence-corrected chi connectivity index (χ4v) is 3.42. The Kier molecular flexibility index (Phi) is 6.29. The number of carbonyl (C=O) groups excluding carboxylic acids is 2. The number of aliphatic hydroxyl groups is 1. The van der Waals surface area contributed by atoms with Crippen LogP contribution >= 0.6 is 0 Å². The van der Waals surface area contributed by atoms with E-state index in [1.165, 1.54) is 12.0 Å². The van der Waals surface area contributed by atoms with Gasteiger partial charge in [-0.1, -0.05) is 6.07 Å². The smallest absolute Gasteiger partial charge is 0.295 e. The summed E-state index contributed by atoms with van der Waals surface area (Å²) in [6.45, 7) is 4.74. The number of carbonyl (C=O) groups is 2. The Hall–Kier alpha value is -3.19. The molecule has 29 heavy (non-hydrogen) atoms. The van der Waals surface area contributed by atoms with Crippen molar-refractivity contribution in [2.45, 2.75) is 19.9 Å². The van der Waals surface area contributed by atoms with Crippen molar-refractivity contribution in [1.29, 1.82) is 0 Å². The van der Waals surface area contributed by atoms with Crippen LogP contribution in [0.25, 0.3) is 5.76 Å². The first kappa shape index (κ1) is 20.5. The van der Waals surface area contributed by atoms with E-state index >= 15 is 0 Å². The summed E-state index contributed by atoms with van der Waals surface area (Å²) in [5.41, 5.74) is 1.79. The topological polar surface area (TPSA) is 89.0 Å². The number of aromatic nitrogens is 1. The van der Waals surface area contributed by atoms with E-state index in [9.17, 15) is 14.7 Å². The minimum atomic E-state index is -0.779. The molecule has 1 amide bonds. The highest BCUT2D eigenvalue weighted by Gasteiger charge is 2.46. The standard InChI is InChI=1S/C22H24N2O5/c1-4-29-17-9-8-15(13-14(17)2)20(25)18-19(16-7-5-6-10-23-16)24(11-12-28-3)22(27)21(18)26/h5-10,13,19,25H,4,11-12H2,1-3H3/b20-18-. The molecule has 0 bridgehead atoms. The molecule has 0 radical (unpaired) electrons. The maximum absolute atomic E-state index is 12.8. The largest absolute Gasteiger partial charge is 0.507 e. The second-order valence-electron chi connectivity index (χ2n) is 6.65. The normalized spacial score (nSPS) is 18.3. The summed E-state index contributed by atoms with van der Waals surface area (Å²) >= 11 is 0. The van der Waals surface area contributed by atoms with Crippen molar-refractivity contribution >= 4 is 17.4 Å². The van der Waals surface area contributed by atoms with Gasteiger partial charge in [-0.05, 0) is 49.7 Å². The number of hydrogen-bond donors (Lipinski definition) is 1. The minimum absolute atomic E-state index is 0.0216. The molecule has 1 aromatic carbocycles. The van der Waals surface area contributed by atoms with Gasteiger partial charge in [-0.25, -0.2) is 0 Å². The monoisotopic (exact) mass is 396 g/mol. The molecule has 1 aliphatic rings.